The number of piperidine rings is 1. The Morgan fingerprint density at radius 1 is 1.19 bits per heavy atom. The Morgan fingerprint density at radius 2 is 2.03 bits per heavy atom. The van der Waals surface area contributed by atoms with Gasteiger partial charge >= 0.3 is 6.09 Å². The van der Waals surface area contributed by atoms with Crippen LogP contribution in [-0.4, -0.2) is 75.0 Å². The predicted octanol–water partition coefficient (Wildman–Crippen LogP) is 4.21. The molecule has 4 heterocycles. The molecule has 37 heavy (non-hydrogen) atoms. The average Bonchev–Trinajstić information content (AvgIpc) is 3.24. The van der Waals surface area contributed by atoms with E-state index in [4.69, 9.17) is 14.5 Å². The zero-order valence-corrected chi connectivity index (χ0v) is 22.5. The summed E-state index contributed by atoms with van der Waals surface area (Å²) in [4.78, 5) is 26.0. The first-order chi connectivity index (χ1) is 17.7. The lowest BCUT2D eigenvalue weighted by atomic mass is 9.98. The van der Waals surface area contributed by atoms with Crippen molar-refractivity contribution in [2.75, 3.05) is 39.1 Å². The third kappa shape index (κ3) is 5.79. The van der Waals surface area contributed by atoms with Crippen molar-refractivity contribution in [2.45, 2.75) is 58.7 Å². The van der Waals surface area contributed by atoms with Crippen LogP contribution in [0.4, 0.5) is 16.4 Å². The number of amides is 1. The summed E-state index contributed by atoms with van der Waals surface area (Å²) >= 11 is 0. The number of carbonyl (C=O) groups excluding carboxylic acids is 1. The number of ether oxygens (including phenoxy) is 2. The van der Waals surface area contributed by atoms with Crippen LogP contribution in [0.2, 0.25) is 0 Å². The van der Waals surface area contributed by atoms with Gasteiger partial charge in [0.15, 0.2) is 5.65 Å². The SMILES string of the molecule is COc1cc2c(cc1Nc1ncc3cnn(C[C@H]4CCCN(C(=O)OC(C)(C)C)C4)c3n1)CN(C)CC2. The normalized spacial score (nSPS) is 18.5. The van der Waals surface area contributed by atoms with Gasteiger partial charge in [0.25, 0.3) is 0 Å². The van der Waals surface area contributed by atoms with Gasteiger partial charge in [-0.3, -0.25) is 0 Å². The molecular weight excluding hydrogens is 470 g/mol. The van der Waals surface area contributed by atoms with Crippen LogP contribution in [-0.2, 0) is 24.2 Å². The Bertz CT molecular complexity index is 1280. The van der Waals surface area contributed by atoms with Crippen LogP contribution in [0.15, 0.2) is 24.5 Å². The van der Waals surface area contributed by atoms with Crippen molar-refractivity contribution in [3.8, 4) is 5.75 Å². The molecule has 1 amide bonds. The molecule has 0 spiro atoms. The highest BCUT2D eigenvalue weighted by Gasteiger charge is 2.28. The minimum absolute atomic E-state index is 0.249. The maximum absolute atomic E-state index is 12.6. The number of carbonyl (C=O) groups is 1. The molecule has 0 aliphatic carbocycles. The lowest BCUT2D eigenvalue weighted by molar-refractivity contribution is 0.0156. The number of nitrogens with one attached hydrogen (secondary N) is 1. The highest BCUT2D eigenvalue weighted by molar-refractivity contribution is 5.76. The summed E-state index contributed by atoms with van der Waals surface area (Å²) in [5.41, 5.74) is 3.72. The van der Waals surface area contributed by atoms with Gasteiger partial charge < -0.3 is 24.6 Å². The minimum atomic E-state index is -0.501. The number of likely N-dealkylation sites (N-methyl/N-ethyl adjacent to an activating group) is 1. The molecule has 0 radical (unpaired) electrons. The van der Waals surface area contributed by atoms with Gasteiger partial charge in [0, 0.05) is 38.9 Å². The van der Waals surface area contributed by atoms with Crippen LogP contribution < -0.4 is 10.1 Å². The summed E-state index contributed by atoms with van der Waals surface area (Å²) in [6, 6.07) is 4.26. The molecular formula is C27H37N7O3. The van der Waals surface area contributed by atoms with E-state index in [9.17, 15) is 4.79 Å². The van der Waals surface area contributed by atoms with Gasteiger partial charge in [-0.05, 0) is 76.3 Å². The smallest absolute Gasteiger partial charge is 0.410 e. The second-order valence-corrected chi connectivity index (χ2v) is 11.2. The Kier molecular flexibility index (Phi) is 6.94. The summed E-state index contributed by atoms with van der Waals surface area (Å²) in [5, 5.41) is 8.84. The maximum Gasteiger partial charge on any atom is 0.410 e. The van der Waals surface area contributed by atoms with Gasteiger partial charge in [0.05, 0.1) is 24.4 Å². The summed E-state index contributed by atoms with van der Waals surface area (Å²) < 4.78 is 13.2. The molecule has 3 aromatic rings. The van der Waals surface area contributed by atoms with Gasteiger partial charge in [-0.2, -0.15) is 10.1 Å². The average molecular weight is 508 g/mol. The van der Waals surface area contributed by atoms with Gasteiger partial charge in [0.2, 0.25) is 5.95 Å². The van der Waals surface area contributed by atoms with Crippen molar-refractivity contribution in [3.05, 3.63) is 35.7 Å². The van der Waals surface area contributed by atoms with Crippen molar-refractivity contribution < 1.29 is 14.3 Å². The van der Waals surface area contributed by atoms with Crippen molar-refractivity contribution in [1.29, 1.82) is 0 Å². The molecule has 10 heteroatoms. The molecule has 0 bridgehead atoms. The van der Waals surface area contributed by atoms with Crippen molar-refractivity contribution in [1.82, 2.24) is 29.5 Å². The fourth-order valence-electron chi connectivity index (χ4n) is 5.13. The summed E-state index contributed by atoms with van der Waals surface area (Å²) in [7, 11) is 3.82. The molecule has 10 nitrogen and oxygen atoms in total. The molecule has 5 rings (SSSR count). The standard InChI is InChI=1S/C27H37N7O3/c1-27(2,3)37-26(35)33-9-6-7-18(15-33)16-34-24-21(14-29-34)13-28-25(31-24)30-22-11-20-17-32(4)10-8-19(20)12-23(22)36-5/h11-14,18H,6-10,15-17H2,1-5H3,(H,28,30,31)/t18-/m0/s1. The largest absolute Gasteiger partial charge is 0.495 e. The highest BCUT2D eigenvalue weighted by atomic mass is 16.6. The number of rotatable bonds is 5. The van der Waals surface area contributed by atoms with E-state index in [1.165, 1.54) is 11.1 Å². The van der Waals surface area contributed by atoms with Gasteiger partial charge in [-0.15, -0.1) is 0 Å². The first-order valence-corrected chi connectivity index (χ1v) is 13.0. The highest BCUT2D eigenvalue weighted by Crippen LogP contribution is 2.33. The topological polar surface area (TPSA) is 97.6 Å². The van der Waals surface area contributed by atoms with E-state index in [-0.39, 0.29) is 12.0 Å². The first kappa shape index (κ1) is 25.3. The predicted molar refractivity (Wildman–Crippen MR) is 142 cm³/mol. The van der Waals surface area contributed by atoms with E-state index < -0.39 is 5.60 Å². The van der Waals surface area contributed by atoms with Crippen LogP contribution in [0.5, 0.6) is 5.75 Å². The second-order valence-electron chi connectivity index (χ2n) is 11.2. The van der Waals surface area contributed by atoms with Crippen LogP contribution >= 0.6 is 0 Å². The minimum Gasteiger partial charge on any atom is -0.495 e. The lowest BCUT2D eigenvalue weighted by Gasteiger charge is -2.34. The van der Waals surface area contributed by atoms with E-state index in [1.54, 1.807) is 19.5 Å². The van der Waals surface area contributed by atoms with Crippen molar-refractivity contribution in [2.24, 2.45) is 5.92 Å². The molecule has 2 aromatic heterocycles. The molecule has 0 saturated carbocycles. The van der Waals surface area contributed by atoms with Crippen molar-refractivity contribution in [3.63, 3.8) is 0 Å². The molecule has 1 fully saturated rings. The fraction of sp³-hybridized carbons (Fsp3) is 0.556. The molecule has 1 aromatic carbocycles. The quantitative estimate of drug-likeness (QED) is 0.548. The Labute approximate surface area is 218 Å². The molecule has 2 aliphatic rings. The molecule has 198 valence electrons. The Balaban J connectivity index is 1.33. The third-order valence-electron chi connectivity index (χ3n) is 6.95. The molecule has 2 aliphatic heterocycles. The number of aromatic nitrogens is 4. The molecule has 1 N–H and O–H groups in total. The monoisotopic (exact) mass is 507 g/mol. The van der Waals surface area contributed by atoms with Crippen LogP contribution in [0, 0.1) is 5.92 Å². The number of methoxy groups -OCH3 is 1. The summed E-state index contributed by atoms with van der Waals surface area (Å²) in [5.74, 6) is 1.55. The summed E-state index contributed by atoms with van der Waals surface area (Å²) in [6.07, 6.45) is 6.32. The fourth-order valence-corrected chi connectivity index (χ4v) is 5.13. The first-order valence-electron chi connectivity index (χ1n) is 13.0. The molecule has 1 saturated heterocycles. The van der Waals surface area contributed by atoms with E-state index >= 15 is 0 Å². The Hall–Kier alpha value is -3.40. The number of hydrogen-bond acceptors (Lipinski definition) is 8. The van der Waals surface area contributed by atoms with Gasteiger partial charge in [-0.25, -0.2) is 14.5 Å². The number of likely N-dealkylation sites (tertiary alicyclic amines) is 1. The zero-order chi connectivity index (χ0) is 26.2. The van der Waals surface area contributed by atoms with Crippen LogP contribution in [0.1, 0.15) is 44.7 Å². The van der Waals surface area contributed by atoms with E-state index in [0.717, 1.165) is 61.4 Å². The van der Waals surface area contributed by atoms with Gasteiger partial charge in [-0.1, -0.05) is 0 Å². The van der Waals surface area contributed by atoms with Crippen LogP contribution in [0.25, 0.3) is 11.0 Å². The van der Waals surface area contributed by atoms with Crippen molar-refractivity contribution >= 4 is 28.8 Å². The summed E-state index contributed by atoms with van der Waals surface area (Å²) in [6.45, 7) is 9.68. The van der Waals surface area contributed by atoms with Crippen LogP contribution in [0.3, 0.4) is 0 Å². The maximum atomic E-state index is 12.6. The number of fused-ring (bicyclic) bond motifs is 2. The number of benzene rings is 1. The number of hydrogen-bond donors (Lipinski definition) is 1. The van der Waals surface area contributed by atoms with E-state index in [0.29, 0.717) is 19.0 Å². The number of anilines is 2. The third-order valence-corrected chi connectivity index (χ3v) is 6.95. The Morgan fingerprint density at radius 3 is 2.81 bits per heavy atom. The van der Waals surface area contributed by atoms with E-state index in [1.807, 2.05) is 30.4 Å². The number of nitrogens with zero attached hydrogens (tertiary/aromatic N) is 6. The second kappa shape index (κ2) is 10.2. The van der Waals surface area contributed by atoms with E-state index in [2.05, 4.69) is 39.5 Å². The molecule has 1 atom stereocenters. The molecule has 0 unspecified atom stereocenters. The zero-order valence-electron chi connectivity index (χ0n) is 22.5. The lowest BCUT2D eigenvalue weighted by Crippen LogP contribution is -2.43. The van der Waals surface area contributed by atoms with Gasteiger partial charge in [0.1, 0.15) is 11.4 Å².